The minimum Gasteiger partial charge on any atom is -0.444 e. The van der Waals surface area contributed by atoms with Crippen molar-refractivity contribution in [1.29, 1.82) is 0 Å². The van der Waals surface area contributed by atoms with E-state index in [9.17, 15) is 14.4 Å². The standard InChI is InChI=1S/C24H36N6O4S2/c1-15(2)20(28-23(32)29(5)11-18-13-35-22(27-18)16(3)4)21(31)26-17-6-8-30(9-7-17)24(33)34-12-19-10-25-14-36-19/h10,13-17,20H,6-9,11-12H2,1-5H3,(H,26,31)(H,28,32)/t20-/m0/s1. The lowest BCUT2D eigenvalue weighted by Crippen LogP contribution is -2.56. The second-order valence-electron chi connectivity index (χ2n) is 9.65. The lowest BCUT2D eigenvalue weighted by atomic mass is 10.0. The lowest BCUT2D eigenvalue weighted by molar-refractivity contribution is -0.124. The molecule has 4 amide bonds. The Kier molecular flexibility index (Phi) is 10.1. The zero-order valence-corrected chi connectivity index (χ0v) is 23.2. The van der Waals surface area contributed by atoms with Gasteiger partial charge in [-0.3, -0.25) is 9.78 Å². The first-order chi connectivity index (χ1) is 17.1. The molecule has 12 heteroatoms. The number of nitrogens with zero attached hydrogens (tertiary/aromatic N) is 4. The fraction of sp³-hybridized carbons (Fsp3) is 0.625. The van der Waals surface area contributed by atoms with Gasteiger partial charge in [0.05, 0.1) is 27.6 Å². The first-order valence-electron chi connectivity index (χ1n) is 12.2. The molecule has 10 nitrogen and oxygen atoms in total. The van der Waals surface area contributed by atoms with E-state index in [-0.39, 0.29) is 36.6 Å². The molecule has 2 N–H and O–H groups in total. The van der Waals surface area contributed by atoms with E-state index in [4.69, 9.17) is 4.74 Å². The number of carbonyl (C=O) groups is 3. The zero-order chi connectivity index (χ0) is 26.2. The van der Waals surface area contributed by atoms with Gasteiger partial charge in [0.25, 0.3) is 0 Å². The Morgan fingerprint density at radius 1 is 1.19 bits per heavy atom. The van der Waals surface area contributed by atoms with Crippen LogP contribution in [0.15, 0.2) is 17.1 Å². The van der Waals surface area contributed by atoms with E-state index in [1.165, 1.54) is 16.2 Å². The van der Waals surface area contributed by atoms with Crippen LogP contribution in [-0.4, -0.2) is 70.0 Å². The van der Waals surface area contributed by atoms with E-state index in [1.807, 2.05) is 19.2 Å². The van der Waals surface area contributed by atoms with E-state index < -0.39 is 6.04 Å². The maximum atomic E-state index is 13.0. The van der Waals surface area contributed by atoms with Crippen LogP contribution >= 0.6 is 22.7 Å². The Bertz CT molecular complexity index is 1000. The predicted octanol–water partition coefficient (Wildman–Crippen LogP) is 3.81. The van der Waals surface area contributed by atoms with Crippen molar-refractivity contribution in [3.8, 4) is 0 Å². The molecule has 36 heavy (non-hydrogen) atoms. The molecule has 3 rings (SSSR count). The number of carbonyl (C=O) groups excluding carboxylic acids is 3. The number of urea groups is 1. The number of hydrogen-bond donors (Lipinski definition) is 2. The second-order valence-corrected chi connectivity index (χ2v) is 11.5. The summed E-state index contributed by atoms with van der Waals surface area (Å²) < 4.78 is 5.35. The third-order valence-electron chi connectivity index (χ3n) is 5.96. The van der Waals surface area contributed by atoms with Crippen molar-refractivity contribution in [3.05, 3.63) is 32.7 Å². The van der Waals surface area contributed by atoms with Crippen molar-refractivity contribution < 1.29 is 19.1 Å². The molecule has 0 bridgehead atoms. The molecule has 0 spiro atoms. The number of ether oxygens (including phenoxy) is 1. The van der Waals surface area contributed by atoms with Gasteiger partial charge in [-0.1, -0.05) is 27.7 Å². The number of piperidine rings is 1. The van der Waals surface area contributed by atoms with Gasteiger partial charge in [-0.05, 0) is 18.8 Å². The van der Waals surface area contributed by atoms with Gasteiger partial charge in [0.1, 0.15) is 12.6 Å². The molecule has 2 aromatic heterocycles. The van der Waals surface area contributed by atoms with Crippen molar-refractivity contribution in [1.82, 2.24) is 30.4 Å². The maximum Gasteiger partial charge on any atom is 0.410 e. The fourth-order valence-electron chi connectivity index (χ4n) is 3.79. The summed E-state index contributed by atoms with van der Waals surface area (Å²) in [6.45, 7) is 9.57. The van der Waals surface area contributed by atoms with Crippen LogP contribution in [0.1, 0.15) is 62.0 Å². The van der Waals surface area contributed by atoms with Gasteiger partial charge in [0, 0.05) is 43.7 Å². The number of rotatable bonds is 9. The molecule has 0 unspecified atom stereocenters. The van der Waals surface area contributed by atoms with Crippen LogP contribution in [0.25, 0.3) is 0 Å². The SMILES string of the molecule is CC(C)c1nc(CN(C)C(=O)N[C@H](C(=O)NC2CCN(C(=O)OCc3cncs3)CC2)C(C)C)cs1. The molecule has 0 saturated carbocycles. The Morgan fingerprint density at radius 2 is 1.92 bits per heavy atom. The first-order valence-corrected chi connectivity index (χ1v) is 13.9. The van der Waals surface area contributed by atoms with Crippen LogP contribution in [0.3, 0.4) is 0 Å². The molecule has 2 aromatic rings. The van der Waals surface area contributed by atoms with Crippen LogP contribution < -0.4 is 10.6 Å². The fourth-order valence-corrected chi connectivity index (χ4v) is 5.12. The molecule has 0 radical (unpaired) electrons. The van der Waals surface area contributed by atoms with Gasteiger partial charge in [0.2, 0.25) is 5.91 Å². The summed E-state index contributed by atoms with van der Waals surface area (Å²) in [5.41, 5.74) is 2.54. The molecule has 1 fully saturated rings. The third kappa shape index (κ3) is 7.89. The van der Waals surface area contributed by atoms with Gasteiger partial charge in [-0.2, -0.15) is 0 Å². The molecular formula is C24H36N6O4S2. The lowest BCUT2D eigenvalue weighted by Gasteiger charge is -2.33. The highest BCUT2D eigenvalue weighted by atomic mass is 32.1. The van der Waals surface area contributed by atoms with Crippen LogP contribution in [0.2, 0.25) is 0 Å². The van der Waals surface area contributed by atoms with Crippen molar-refractivity contribution >= 4 is 40.7 Å². The normalized spacial score (nSPS) is 15.1. The molecule has 1 aliphatic rings. The molecule has 1 aliphatic heterocycles. The van der Waals surface area contributed by atoms with Crippen LogP contribution in [-0.2, 0) is 22.7 Å². The van der Waals surface area contributed by atoms with Crippen LogP contribution in [0.5, 0.6) is 0 Å². The molecule has 1 atom stereocenters. The van der Waals surface area contributed by atoms with E-state index in [0.717, 1.165) is 15.6 Å². The molecule has 0 aromatic carbocycles. The topological polar surface area (TPSA) is 117 Å². The Labute approximate surface area is 220 Å². The maximum absolute atomic E-state index is 13.0. The Balaban J connectivity index is 1.44. The first kappa shape index (κ1) is 27.9. The highest BCUT2D eigenvalue weighted by Crippen LogP contribution is 2.20. The van der Waals surface area contributed by atoms with Crippen molar-refractivity contribution in [2.75, 3.05) is 20.1 Å². The molecule has 1 saturated heterocycles. The minimum atomic E-state index is -0.663. The molecule has 3 heterocycles. The number of thiazole rings is 2. The highest BCUT2D eigenvalue weighted by Gasteiger charge is 2.30. The van der Waals surface area contributed by atoms with E-state index in [0.29, 0.717) is 38.4 Å². The quantitative estimate of drug-likeness (QED) is 0.503. The van der Waals surface area contributed by atoms with Crippen molar-refractivity contribution in [2.24, 2.45) is 5.92 Å². The predicted molar refractivity (Wildman–Crippen MR) is 140 cm³/mol. The Hall–Kier alpha value is -2.73. The Morgan fingerprint density at radius 3 is 2.50 bits per heavy atom. The summed E-state index contributed by atoms with van der Waals surface area (Å²) >= 11 is 3.03. The number of likely N-dealkylation sites (tertiary alicyclic amines) is 1. The van der Waals surface area contributed by atoms with Gasteiger partial charge >= 0.3 is 12.1 Å². The van der Waals surface area contributed by atoms with Crippen LogP contribution in [0.4, 0.5) is 9.59 Å². The molecule has 0 aliphatic carbocycles. The molecule has 198 valence electrons. The summed E-state index contributed by atoms with van der Waals surface area (Å²) in [4.78, 5) is 50.8. The van der Waals surface area contributed by atoms with Gasteiger partial charge in [-0.25, -0.2) is 14.6 Å². The van der Waals surface area contributed by atoms with E-state index in [2.05, 4.69) is 34.4 Å². The number of nitrogens with one attached hydrogen (secondary N) is 2. The highest BCUT2D eigenvalue weighted by molar-refractivity contribution is 7.09. The average molecular weight is 537 g/mol. The number of hydrogen-bond acceptors (Lipinski definition) is 8. The zero-order valence-electron chi connectivity index (χ0n) is 21.5. The molecular weight excluding hydrogens is 500 g/mol. The van der Waals surface area contributed by atoms with Gasteiger partial charge < -0.3 is 25.2 Å². The monoisotopic (exact) mass is 536 g/mol. The van der Waals surface area contributed by atoms with Crippen LogP contribution in [0, 0.1) is 5.92 Å². The number of amides is 4. The van der Waals surface area contributed by atoms with Crippen molar-refractivity contribution in [3.63, 3.8) is 0 Å². The van der Waals surface area contributed by atoms with E-state index in [1.54, 1.807) is 35.0 Å². The summed E-state index contributed by atoms with van der Waals surface area (Å²) in [6.07, 6.45) is 2.58. The summed E-state index contributed by atoms with van der Waals surface area (Å²) in [5, 5.41) is 8.93. The minimum absolute atomic E-state index is 0.0663. The number of aromatic nitrogens is 2. The van der Waals surface area contributed by atoms with Gasteiger partial charge in [-0.15, -0.1) is 22.7 Å². The average Bonchev–Trinajstić information content (AvgIpc) is 3.53. The second kappa shape index (κ2) is 13.0. The summed E-state index contributed by atoms with van der Waals surface area (Å²) in [5.74, 6) is 0.0443. The summed E-state index contributed by atoms with van der Waals surface area (Å²) in [7, 11) is 1.70. The van der Waals surface area contributed by atoms with E-state index >= 15 is 0 Å². The van der Waals surface area contributed by atoms with Crippen molar-refractivity contribution in [2.45, 2.75) is 71.7 Å². The summed E-state index contributed by atoms with van der Waals surface area (Å²) in [6, 6.07) is -1.05. The smallest absolute Gasteiger partial charge is 0.410 e. The third-order valence-corrected chi connectivity index (χ3v) is 7.91. The van der Waals surface area contributed by atoms with Gasteiger partial charge in [0.15, 0.2) is 0 Å². The largest absolute Gasteiger partial charge is 0.444 e.